The van der Waals surface area contributed by atoms with Gasteiger partial charge in [-0.2, -0.15) is 5.10 Å². The predicted molar refractivity (Wildman–Crippen MR) is 115 cm³/mol. The summed E-state index contributed by atoms with van der Waals surface area (Å²) in [6.45, 7) is 2.14. The van der Waals surface area contributed by atoms with Crippen LogP contribution in [0.4, 0.5) is 5.69 Å². The summed E-state index contributed by atoms with van der Waals surface area (Å²) in [5.74, 6) is 0.741. The quantitative estimate of drug-likeness (QED) is 0.527. The molecule has 1 amide bonds. The van der Waals surface area contributed by atoms with Crippen LogP contribution in [0.25, 0.3) is 10.6 Å². The highest BCUT2D eigenvalue weighted by molar-refractivity contribution is 7.13. The highest BCUT2D eigenvalue weighted by atomic mass is 32.1. The summed E-state index contributed by atoms with van der Waals surface area (Å²) in [7, 11) is 3.58. The van der Waals surface area contributed by atoms with Crippen LogP contribution >= 0.6 is 11.3 Å². The molecule has 1 aliphatic rings. The van der Waals surface area contributed by atoms with E-state index in [4.69, 9.17) is 4.98 Å². The lowest BCUT2D eigenvalue weighted by Crippen LogP contribution is -2.55. The van der Waals surface area contributed by atoms with Crippen molar-refractivity contribution in [2.75, 3.05) is 31.6 Å². The van der Waals surface area contributed by atoms with Gasteiger partial charge < -0.3 is 15.1 Å². The number of aromatic nitrogens is 3. The van der Waals surface area contributed by atoms with Crippen molar-refractivity contribution < 1.29 is 4.79 Å². The molecule has 0 aliphatic carbocycles. The molecule has 9 heteroatoms. The van der Waals surface area contributed by atoms with E-state index >= 15 is 0 Å². The summed E-state index contributed by atoms with van der Waals surface area (Å²) in [5, 5.41) is 10.5. The predicted octanol–water partition coefficient (Wildman–Crippen LogP) is 1.97. The van der Waals surface area contributed by atoms with Crippen molar-refractivity contribution in [1.29, 1.82) is 0 Å². The molecule has 8 nitrogen and oxygen atoms in total. The molecular weight excluding hydrogens is 386 g/mol. The van der Waals surface area contributed by atoms with Gasteiger partial charge in [0.2, 0.25) is 5.91 Å². The number of nitrogens with one attached hydrogen (secondary N) is 1. The monoisotopic (exact) mass is 409 g/mol. The number of nitrogens with zero attached hydrogens (tertiary/aromatic N) is 6. The first-order valence-corrected chi connectivity index (χ1v) is 10.3. The minimum Gasteiger partial charge on any atom is -0.351 e. The zero-order chi connectivity index (χ0) is 20.2. The van der Waals surface area contributed by atoms with Gasteiger partial charge >= 0.3 is 0 Å². The molecule has 1 fully saturated rings. The maximum atomic E-state index is 12.6. The van der Waals surface area contributed by atoms with E-state index in [9.17, 15) is 4.79 Å². The summed E-state index contributed by atoms with van der Waals surface area (Å²) in [6.07, 6.45) is 3.57. The van der Waals surface area contributed by atoms with Gasteiger partial charge in [0.25, 0.3) is 0 Å². The van der Waals surface area contributed by atoms with Crippen molar-refractivity contribution >= 4 is 28.9 Å². The second-order valence-electron chi connectivity index (χ2n) is 6.75. The number of carbonyl (C=O) groups excluding carboxylic acids is 1. The van der Waals surface area contributed by atoms with E-state index in [1.165, 1.54) is 0 Å². The Balaban J connectivity index is 1.36. The molecule has 0 radical (unpaired) electrons. The number of guanidine groups is 1. The molecule has 0 unspecified atom stereocenters. The van der Waals surface area contributed by atoms with Crippen molar-refractivity contribution in [2.24, 2.45) is 12.0 Å². The third-order valence-electron chi connectivity index (χ3n) is 4.74. The Bertz CT molecular complexity index is 1010. The molecule has 1 N–H and O–H groups in total. The Labute approximate surface area is 173 Å². The van der Waals surface area contributed by atoms with Gasteiger partial charge in [-0.25, -0.2) is 4.98 Å². The molecule has 1 aliphatic heterocycles. The summed E-state index contributed by atoms with van der Waals surface area (Å²) in [5.41, 5.74) is 2.90. The van der Waals surface area contributed by atoms with Crippen LogP contribution in [-0.4, -0.2) is 58.2 Å². The maximum Gasteiger partial charge on any atom is 0.246 e. The number of piperazine rings is 1. The average Bonchev–Trinajstić information content (AvgIpc) is 3.38. The van der Waals surface area contributed by atoms with Crippen molar-refractivity contribution in [3.63, 3.8) is 0 Å². The lowest BCUT2D eigenvalue weighted by atomic mass is 10.2. The fraction of sp³-hybridized carbons (Fsp3) is 0.300. The molecule has 29 heavy (non-hydrogen) atoms. The molecule has 0 spiro atoms. The van der Waals surface area contributed by atoms with E-state index < -0.39 is 0 Å². The Morgan fingerprint density at radius 1 is 1.28 bits per heavy atom. The number of hydrogen-bond donors (Lipinski definition) is 1. The molecule has 2 aromatic heterocycles. The first-order valence-electron chi connectivity index (χ1n) is 9.38. The molecule has 1 saturated heterocycles. The number of anilines is 1. The first kappa shape index (κ1) is 19.1. The van der Waals surface area contributed by atoms with Crippen molar-refractivity contribution in [2.45, 2.75) is 6.54 Å². The fourth-order valence-electron chi connectivity index (χ4n) is 3.28. The normalized spacial score (nSPS) is 15.1. The standard InChI is InChI=1S/C20H23N7OS/c1-21-20(22-10-16-14-29-19(24-16)15-6-4-3-5-7-15)26-8-9-27(18(28)13-26)17-11-23-25(2)12-17/h3-7,11-12,14H,8-10,13H2,1-2H3,(H,21,22). The van der Waals surface area contributed by atoms with Gasteiger partial charge in [-0.05, 0) is 0 Å². The lowest BCUT2D eigenvalue weighted by molar-refractivity contribution is -0.120. The van der Waals surface area contributed by atoms with E-state index in [0.29, 0.717) is 25.6 Å². The van der Waals surface area contributed by atoms with E-state index in [-0.39, 0.29) is 12.5 Å². The van der Waals surface area contributed by atoms with Gasteiger partial charge in [-0.3, -0.25) is 14.5 Å². The summed E-state index contributed by atoms with van der Waals surface area (Å²) in [4.78, 5) is 25.4. The van der Waals surface area contributed by atoms with Gasteiger partial charge in [0.15, 0.2) is 5.96 Å². The van der Waals surface area contributed by atoms with E-state index in [2.05, 4.69) is 27.5 Å². The molecule has 3 aromatic rings. The van der Waals surface area contributed by atoms with Crippen LogP contribution in [0.3, 0.4) is 0 Å². The van der Waals surface area contributed by atoms with Gasteiger partial charge in [0.05, 0.1) is 24.1 Å². The highest BCUT2D eigenvalue weighted by Crippen LogP contribution is 2.23. The number of aliphatic imine (C=N–C) groups is 1. The third kappa shape index (κ3) is 4.29. The van der Waals surface area contributed by atoms with E-state index in [1.807, 2.05) is 41.7 Å². The number of aryl methyl sites for hydroxylation is 1. The Morgan fingerprint density at radius 3 is 2.79 bits per heavy atom. The molecule has 1 aromatic carbocycles. The van der Waals surface area contributed by atoms with E-state index in [0.717, 1.165) is 22.0 Å². The number of carbonyl (C=O) groups is 1. The van der Waals surface area contributed by atoms with Crippen LogP contribution in [0.5, 0.6) is 0 Å². The summed E-state index contributed by atoms with van der Waals surface area (Å²) >= 11 is 1.62. The zero-order valence-electron chi connectivity index (χ0n) is 16.4. The smallest absolute Gasteiger partial charge is 0.246 e. The van der Waals surface area contributed by atoms with Crippen LogP contribution in [0.1, 0.15) is 5.69 Å². The molecule has 0 bridgehead atoms. The molecule has 0 saturated carbocycles. The van der Waals surface area contributed by atoms with Crippen molar-refractivity contribution in [3.8, 4) is 10.6 Å². The summed E-state index contributed by atoms with van der Waals surface area (Å²) < 4.78 is 1.70. The van der Waals surface area contributed by atoms with Crippen molar-refractivity contribution in [3.05, 3.63) is 53.8 Å². The van der Waals surface area contributed by atoms with Crippen LogP contribution in [0.2, 0.25) is 0 Å². The number of hydrogen-bond acceptors (Lipinski definition) is 5. The Morgan fingerprint density at radius 2 is 2.10 bits per heavy atom. The lowest BCUT2D eigenvalue weighted by Gasteiger charge is -2.35. The average molecular weight is 410 g/mol. The van der Waals surface area contributed by atoms with Crippen LogP contribution < -0.4 is 10.2 Å². The first-order chi connectivity index (χ1) is 14.1. The van der Waals surface area contributed by atoms with Crippen molar-refractivity contribution in [1.82, 2.24) is 25.0 Å². The second kappa shape index (κ2) is 8.44. The molecular formula is C20H23N7OS. The summed E-state index contributed by atoms with van der Waals surface area (Å²) in [6, 6.07) is 10.1. The Kier molecular flexibility index (Phi) is 5.57. The number of thiazole rings is 1. The Hall–Kier alpha value is -3.20. The molecule has 3 heterocycles. The molecule has 0 atom stereocenters. The topological polar surface area (TPSA) is 78.7 Å². The van der Waals surface area contributed by atoms with E-state index in [1.54, 1.807) is 34.2 Å². The van der Waals surface area contributed by atoms with Gasteiger partial charge in [-0.1, -0.05) is 30.3 Å². The third-order valence-corrected chi connectivity index (χ3v) is 5.68. The highest BCUT2D eigenvalue weighted by Gasteiger charge is 2.27. The van der Waals surface area contributed by atoms with Crippen LogP contribution in [-0.2, 0) is 18.4 Å². The largest absolute Gasteiger partial charge is 0.351 e. The second-order valence-corrected chi connectivity index (χ2v) is 7.61. The van der Waals surface area contributed by atoms with Crippen LogP contribution in [0.15, 0.2) is 53.1 Å². The molecule has 4 rings (SSSR count). The van der Waals surface area contributed by atoms with Crippen LogP contribution in [0, 0.1) is 0 Å². The maximum absolute atomic E-state index is 12.6. The number of benzene rings is 1. The number of amides is 1. The number of rotatable bonds is 4. The SMILES string of the molecule is CN=C(NCc1csc(-c2ccccc2)n1)N1CCN(c2cnn(C)c2)C(=O)C1. The van der Waals surface area contributed by atoms with Gasteiger partial charge in [0, 0.05) is 44.3 Å². The zero-order valence-corrected chi connectivity index (χ0v) is 17.3. The minimum atomic E-state index is 0.0345. The molecule has 150 valence electrons. The fourth-order valence-corrected chi connectivity index (χ4v) is 4.10. The van der Waals surface area contributed by atoms with Gasteiger partial charge in [-0.15, -0.1) is 11.3 Å². The van der Waals surface area contributed by atoms with Gasteiger partial charge in [0.1, 0.15) is 11.6 Å². The minimum absolute atomic E-state index is 0.0345.